The van der Waals surface area contributed by atoms with Gasteiger partial charge in [0.25, 0.3) is 0 Å². The highest BCUT2D eigenvalue weighted by Gasteiger charge is 2.00. The van der Waals surface area contributed by atoms with Crippen molar-refractivity contribution in [3.63, 3.8) is 0 Å². The van der Waals surface area contributed by atoms with Crippen molar-refractivity contribution in [1.29, 1.82) is 0 Å². The molecule has 1 heterocycles. The summed E-state index contributed by atoms with van der Waals surface area (Å²) in [6.45, 7) is 3.05. The first-order valence-electron chi connectivity index (χ1n) is 5.72. The van der Waals surface area contributed by atoms with Gasteiger partial charge in [-0.2, -0.15) is 5.10 Å². The molecule has 1 aromatic heterocycles. The van der Waals surface area contributed by atoms with Crippen LogP contribution in [0.15, 0.2) is 42.7 Å². The summed E-state index contributed by atoms with van der Waals surface area (Å²) in [7, 11) is 0. The lowest BCUT2D eigenvalue weighted by Crippen LogP contribution is -2.14. The number of rotatable bonds is 5. The van der Waals surface area contributed by atoms with Gasteiger partial charge in [0.1, 0.15) is 0 Å². The van der Waals surface area contributed by atoms with Crippen LogP contribution in [0.25, 0.3) is 0 Å². The van der Waals surface area contributed by atoms with Crippen molar-refractivity contribution in [2.24, 2.45) is 0 Å². The Morgan fingerprint density at radius 1 is 1.35 bits per heavy atom. The van der Waals surface area contributed by atoms with E-state index in [1.165, 1.54) is 5.56 Å². The van der Waals surface area contributed by atoms with Crippen LogP contribution in [0.2, 0.25) is 0 Å². The van der Waals surface area contributed by atoms with Crippen LogP contribution in [-0.2, 0) is 6.54 Å². The van der Waals surface area contributed by atoms with Gasteiger partial charge < -0.3 is 10.4 Å². The third kappa shape index (κ3) is 3.60. The van der Waals surface area contributed by atoms with Crippen LogP contribution in [0.4, 0.5) is 5.69 Å². The highest BCUT2D eigenvalue weighted by molar-refractivity contribution is 5.38. The molecule has 1 atom stereocenters. The van der Waals surface area contributed by atoms with Crippen LogP contribution in [0.5, 0.6) is 0 Å². The quantitative estimate of drug-likeness (QED) is 0.824. The molecule has 0 bridgehead atoms. The lowest BCUT2D eigenvalue weighted by atomic mass is 10.2. The molecule has 0 aliphatic carbocycles. The predicted octanol–water partition coefficient (Wildman–Crippen LogP) is 1.72. The molecule has 2 aromatic rings. The smallest absolute Gasteiger partial charge is 0.0727 e. The molecule has 0 saturated heterocycles. The van der Waals surface area contributed by atoms with Crippen molar-refractivity contribution in [2.45, 2.75) is 19.6 Å². The third-order valence-corrected chi connectivity index (χ3v) is 2.42. The van der Waals surface area contributed by atoms with E-state index in [-0.39, 0.29) is 6.10 Å². The van der Waals surface area contributed by atoms with Gasteiger partial charge in [-0.1, -0.05) is 30.3 Å². The number of aliphatic hydroxyl groups excluding tert-OH is 1. The summed E-state index contributed by atoms with van der Waals surface area (Å²) in [5.41, 5.74) is 2.15. The fourth-order valence-electron chi connectivity index (χ4n) is 1.58. The highest BCUT2D eigenvalue weighted by atomic mass is 16.3. The van der Waals surface area contributed by atoms with E-state index < -0.39 is 0 Å². The van der Waals surface area contributed by atoms with Crippen LogP contribution in [0.1, 0.15) is 12.5 Å². The molecule has 90 valence electrons. The molecule has 0 aliphatic heterocycles. The molecule has 0 saturated carbocycles. The summed E-state index contributed by atoms with van der Waals surface area (Å²) in [5, 5.41) is 16.5. The Labute approximate surface area is 101 Å². The zero-order valence-corrected chi connectivity index (χ0v) is 9.87. The zero-order valence-electron chi connectivity index (χ0n) is 9.87. The van der Waals surface area contributed by atoms with Gasteiger partial charge >= 0.3 is 0 Å². The van der Waals surface area contributed by atoms with E-state index in [9.17, 15) is 0 Å². The Bertz CT molecular complexity index is 451. The second-order valence-corrected chi connectivity index (χ2v) is 4.14. The summed E-state index contributed by atoms with van der Waals surface area (Å²) in [4.78, 5) is 0. The largest absolute Gasteiger partial charge is 0.392 e. The minimum atomic E-state index is -0.354. The molecule has 2 N–H and O–H groups in total. The maximum Gasteiger partial charge on any atom is 0.0727 e. The third-order valence-electron chi connectivity index (χ3n) is 2.42. The first-order valence-corrected chi connectivity index (χ1v) is 5.72. The minimum absolute atomic E-state index is 0.354. The first-order chi connectivity index (χ1) is 8.24. The van der Waals surface area contributed by atoms with Crippen molar-refractivity contribution < 1.29 is 5.11 Å². The summed E-state index contributed by atoms with van der Waals surface area (Å²) in [5.74, 6) is 0. The number of hydrogen-bond donors (Lipinski definition) is 2. The van der Waals surface area contributed by atoms with Crippen molar-refractivity contribution in [3.8, 4) is 0 Å². The molecule has 17 heavy (non-hydrogen) atoms. The molecule has 0 radical (unpaired) electrons. The molecular formula is C13H17N3O. The molecule has 0 amide bonds. The van der Waals surface area contributed by atoms with Gasteiger partial charge in [-0.25, -0.2) is 0 Å². The van der Waals surface area contributed by atoms with E-state index in [4.69, 9.17) is 5.11 Å². The average molecular weight is 231 g/mol. The number of anilines is 1. The molecule has 0 aliphatic rings. The van der Waals surface area contributed by atoms with Crippen LogP contribution < -0.4 is 5.32 Å². The second kappa shape index (κ2) is 5.50. The molecule has 2 rings (SSSR count). The number of aromatic nitrogens is 2. The molecule has 0 spiro atoms. The summed E-state index contributed by atoms with van der Waals surface area (Å²) in [6.07, 6.45) is 3.35. The molecule has 4 heteroatoms. The Hall–Kier alpha value is -1.81. The standard InChI is InChI=1S/C13H17N3O/c1-11(17)7-14-13-8-15-16(10-13)9-12-5-3-2-4-6-12/h2-6,8,10-11,14,17H,7,9H2,1H3. The lowest BCUT2D eigenvalue weighted by Gasteiger charge is -2.05. The van der Waals surface area contributed by atoms with E-state index in [2.05, 4.69) is 22.5 Å². The van der Waals surface area contributed by atoms with Crippen molar-refractivity contribution in [1.82, 2.24) is 9.78 Å². The predicted molar refractivity (Wildman–Crippen MR) is 67.9 cm³/mol. The van der Waals surface area contributed by atoms with Gasteiger partial charge in [0.2, 0.25) is 0 Å². The summed E-state index contributed by atoms with van der Waals surface area (Å²) < 4.78 is 1.87. The SMILES string of the molecule is CC(O)CNc1cnn(Cc2ccccc2)c1. The number of hydrogen-bond acceptors (Lipinski definition) is 3. The molecule has 1 aromatic carbocycles. The highest BCUT2D eigenvalue weighted by Crippen LogP contribution is 2.07. The minimum Gasteiger partial charge on any atom is -0.392 e. The topological polar surface area (TPSA) is 50.1 Å². The van der Waals surface area contributed by atoms with E-state index >= 15 is 0 Å². The molecule has 4 nitrogen and oxygen atoms in total. The number of benzene rings is 1. The number of aliphatic hydroxyl groups is 1. The van der Waals surface area contributed by atoms with E-state index in [0.29, 0.717) is 6.54 Å². The zero-order chi connectivity index (χ0) is 12.1. The van der Waals surface area contributed by atoms with Crippen molar-refractivity contribution in [2.75, 3.05) is 11.9 Å². The van der Waals surface area contributed by atoms with Crippen LogP contribution >= 0.6 is 0 Å². The normalized spacial score (nSPS) is 12.4. The van der Waals surface area contributed by atoms with Crippen molar-refractivity contribution >= 4 is 5.69 Å². The van der Waals surface area contributed by atoms with Gasteiger partial charge in [0.05, 0.1) is 24.5 Å². The second-order valence-electron chi connectivity index (χ2n) is 4.14. The van der Waals surface area contributed by atoms with Crippen LogP contribution in [0, 0.1) is 0 Å². The first kappa shape index (κ1) is 11.7. The van der Waals surface area contributed by atoms with Gasteiger partial charge in [0, 0.05) is 12.7 Å². The van der Waals surface area contributed by atoms with Gasteiger partial charge in [-0.05, 0) is 12.5 Å². The van der Waals surface area contributed by atoms with Gasteiger partial charge in [-0.15, -0.1) is 0 Å². The van der Waals surface area contributed by atoms with Crippen LogP contribution in [-0.4, -0.2) is 27.5 Å². The number of nitrogens with zero attached hydrogens (tertiary/aromatic N) is 2. The lowest BCUT2D eigenvalue weighted by molar-refractivity contribution is 0.208. The Morgan fingerprint density at radius 3 is 2.82 bits per heavy atom. The van der Waals surface area contributed by atoms with E-state index in [0.717, 1.165) is 12.2 Å². The molecular weight excluding hydrogens is 214 g/mol. The average Bonchev–Trinajstić information content (AvgIpc) is 2.75. The van der Waals surface area contributed by atoms with Crippen molar-refractivity contribution in [3.05, 3.63) is 48.3 Å². The Balaban J connectivity index is 1.94. The fraction of sp³-hybridized carbons (Fsp3) is 0.308. The summed E-state index contributed by atoms with van der Waals surface area (Å²) in [6, 6.07) is 10.2. The molecule has 0 fully saturated rings. The Morgan fingerprint density at radius 2 is 2.12 bits per heavy atom. The van der Waals surface area contributed by atoms with Gasteiger partial charge in [0.15, 0.2) is 0 Å². The maximum absolute atomic E-state index is 9.17. The maximum atomic E-state index is 9.17. The Kier molecular flexibility index (Phi) is 3.77. The van der Waals surface area contributed by atoms with E-state index in [1.54, 1.807) is 13.1 Å². The van der Waals surface area contributed by atoms with E-state index in [1.807, 2.05) is 29.1 Å². The van der Waals surface area contributed by atoms with Gasteiger partial charge in [-0.3, -0.25) is 4.68 Å². The van der Waals surface area contributed by atoms with Crippen LogP contribution in [0.3, 0.4) is 0 Å². The summed E-state index contributed by atoms with van der Waals surface area (Å²) >= 11 is 0. The number of nitrogens with one attached hydrogen (secondary N) is 1. The fourth-order valence-corrected chi connectivity index (χ4v) is 1.58. The molecule has 1 unspecified atom stereocenters. The monoisotopic (exact) mass is 231 g/mol.